The van der Waals surface area contributed by atoms with Gasteiger partial charge in [0.1, 0.15) is 0 Å². The Hall–Kier alpha value is -0.380. The molecule has 0 aliphatic heterocycles. The number of unbranched alkanes of at least 4 members (excludes halogenated alkanes) is 3. The monoisotopic (exact) mass is 259 g/mol. The maximum atomic E-state index is 4.56. The Balaban J connectivity index is 3.65. The lowest BCUT2D eigenvalue weighted by Crippen LogP contribution is -2.37. The third kappa shape index (κ3) is 11.9. The zero-order valence-electron chi connectivity index (χ0n) is 11.7. The SMILES string of the molecule is CCCCCN=C(NCC)NCCCCSC. The van der Waals surface area contributed by atoms with Crippen LogP contribution in [0.15, 0.2) is 4.99 Å². The van der Waals surface area contributed by atoms with Gasteiger partial charge in [-0.15, -0.1) is 0 Å². The lowest BCUT2D eigenvalue weighted by Gasteiger charge is -2.10. The Labute approximate surface area is 111 Å². The van der Waals surface area contributed by atoms with Crippen LogP contribution in [-0.2, 0) is 0 Å². The molecule has 4 heteroatoms. The molecule has 3 nitrogen and oxygen atoms in total. The van der Waals surface area contributed by atoms with E-state index in [9.17, 15) is 0 Å². The molecule has 0 spiro atoms. The lowest BCUT2D eigenvalue weighted by atomic mass is 10.2. The minimum absolute atomic E-state index is 0.935. The Morgan fingerprint density at radius 2 is 1.88 bits per heavy atom. The van der Waals surface area contributed by atoms with Gasteiger partial charge in [0, 0.05) is 19.6 Å². The van der Waals surface area contributed by atoms with Gasteiger partial charge < -0.3 is 10.6 Å². The summed E-state index contributed by atoms with van der Waals surface area (Å²) in [5.41, 5.74) is 0. The fourth-order valence-electron chi connectivity index (χ4n) is 1.47. The summed E-state index contributed by atoms with van der Waals surface area (Å²) in [6, 6.07) is 0. The van der Waals surface area contributed by atoms with Gasteiger partial charge in [0.05, 0.1) is 0 Å². The summed E-state index contributed by atoms with van der Waals surface area (Å²) in [6.07, 6.45) is 8.39. The van der Waals surface area contributed by atoms with Crippen LogP contribution in [0.5, 0.6) is 0 Å². The molecule has 0 heterocycles. The molecule has 0 fully saturated rings. The highest BCUT2D eigenvalue weighted by Gasteiger charge is 1.95. The molecule has 0 amide bonds. The van der Waals surface area contributed by atoms with Crippen molar-refractivity contribution in [2.45, 2.75) is 46.0 Å². The van der Waals surface area contributed by atoms with E-state index in [2.05, 4.69) is 35.7 Å². The number of hydrogen-bond donors (Lipinski definition) is 2. The molecule has 0 atom stereocenters. The predicted octanol–water partition coefficient (Wildman–Crippen LogP) is 2.87. The molecule has 0 rings (SSSR count). The van der Waals surface area contributed by atoms with Crippen LogP contribution in [0.2, 0.25) is 0 Å². The van der Waals surface area contributed by atoms with Crippen LogP contribution >= 0.6 is 11.8 Å². The van der Waals surface area contributed by atoms with E-state index < -0.39 is 0 Å². The highest BCUT2D eigenvalue weighted by Crippen LogP contribution is 1.98. The van der Waals surface area contributed by atoms with E-state index in [0.717, 1.165) is 25.6 Å². The molecule has 0 unspecified atom stereocenters. The molecule has 2 N–H and O–H groups in total. The highest BCUT2D eigenvalue weighted by atomic mass is 32.2. The van der Waals surface area contributed by atoms with E-state index in [4.69, 9.17) is 0 Å². The molecule has 0 aromatic rings. The molecular formula is C13H29N3S. The maximum absolute atomic E-state index is 4.56. The highest BCUT2D eigenvalue weighted by molar-refractivity contribution is 7.98. The zero-order chi connectivity index (χ0) is 12.8. The van der Waals surface area contributed by atoms with Crippen LogP contribution in [0, 0.1) is 0 Å². The van der Waals surface area contributed by atoms with Gasteiger partial charge in [-0.05, 0) is 38.2 Å². The number of thioether (sulfide) groups is 1. The van der Waals surface area contributed by atoms with E-state index in [1.807, 2.05) is 11.8 Å². The van der Waals surface area contributed by atoms with Crippen molar-refractivity contribution in [3.8, 4) is 0 Å². The second-order valence-corrected chi connectivity index (χ2v) is 5.08. The van der Waals surface area contributed by atoms with Crippen LogP contribution in [0.3, 0.4) is 0 Å². The first-order chi connectivity index (χ1) is 8.35. The molecular weight excluding hydrogens is 230 g/mol. The quantitative estimate of drug-likeness (QED) is 0.360. The van der Waals surface area contributed by atoms with Crippen molar-refractivity contribution >= 4 is 17.7 Å². The number of nitrogens with one attached hydrogen (secondary N) is 2. The first-order valence-corrected chi connectivity index (χ1v) is 8.25. The first kappa shape index (κ1) is 16.6. The van der Waals surface area contributed by atoms with E-state index in [0.29, 0.717) is 0 Å². The smallest absolute Gasteiger partial charge is 0.191 e. The van der Waals surface area contributed by atoms with Crippen LogP contribution in [0.1, 0.15) is 46.0 Å². The van der Waals surface area contributed by atoms with Gasteiger partial charge in [-0.2, -0.15) is 11.8 Å². The Morgan fingerprint density at radius 3 is 2.53 bits per heavy atom. The van der Waals surface area contributed by atoms with Gasteiger partial charge in [0.15, 0.2) is 5.96 Å². The van der Waals surface area contributed by atoms with Crippen LogP contribution in [-0.4, -0.2) is 37.6 Å². The van der Waals surface area contributed by atoms with E-state index in [-0.39, 0.29) is 0 Å². The largest absolute Gasteiger partial charge is 0.357 e. The Bertz CT molecular complexity index is 184. The second kappa shape index (κ2) is 13.7. The third-order valence-corrected chi connectivity index (χ3v) is 3.14. The summed E-state index contributed by atoms with van der Waals surface area (Å²) < 4.78 is 0. The normalized spacial score (nSPS) is 11.6. The fourth-order valence-corrected chi connectivity index (χ4v) is 1.97. The van der Waals surface area contributed by atoms with Gasteiger partial charge in [-0.1, -0.05) is 19.8 Å². The van der Waals surface area contributed by atoms with Gasteiger partial charge in [-0.3, -0.25) is 4.99 Å². The Morgan fingerprint density at radius 1 is 1.06 bits per heavy atom. The summed E-state index contributed by atoms with van der Waals surface area (Å²) >= 11 is 1.92. The van der Waals surface area contributed by atoms with Crippen molar-refractivity contribution in [1.29, 1.82) is 0 Å². The zero-order valence-corrected chi connectivity index (χ0v) is 12.5. The van der Waals surface area contributed by atoms with Gasteiger partial charge in [0.25, 0.3) is 0 Å². The fraction of sp³-hybridized carbons (Fsp3) is 0.923. The molecule has 0 bridgehead atoms. The average molecular weight is 259 g/mol. The molecule has 0 aliphatic carbocycles. The van der Waals surface area contributed by atoms with Crippen molar-refractivity contribution in [1.82, 2.24) is 10.6 Å². The summed E-state index contributed by atoms with van der Waals surface area (Å²) in [5, 5.41) is 6.67. The maximum Gasteiger partial charge on any atom is 0.191 e. The van der Waals surface area contributed by atoms with E-state index >= 15 is 0 Å². The van der Waals surface area contributed by atoms with Crippen molar-refractivity contribution < 1.29 is 0 Å². The van der Waals surface area contributed by atoms with E-state index in [1.165, 1.54) is 37.9 Å². The minimum atomic E-state index is 0.935. The molecule has 0 saturated heterocycles. The molecule has 0 saturated carbocycles. The molecule has 0 aromatic heterocycles. The number of nitrogens with zero attached hydrogens (tertiary/aromatic N) is 1. The lowest BCUT2D eigenvalue weighted by molar-refractivity contribution is 0.706. The van der Waals surface area contributed by atoms with Crippen molar-refractivity contribution in [2.75, 3.05) is 31.6 Å². The predicted molar refractivity (Wildman–Crippen MR) is 81.1 cm³/mol. The average Bonchev–Trinajstić information content (AvgIpc) is 2.34. The summed E-state index contributed by atoms with van der Waals surface area (Å²) in [4.78, 5) is 4.56. The topological polar surface area (TPSA) is 36.4 Å². The van der Waals surface area contributed by atoms with Crippen LogP contribution in [0.25, 0.3) is 0 Å². The van der Waals surface area contributed by atoms with Gasteiger partial charge >= 0.3 is 0 Å². The molecule has 17 heavy (non-hydrogen) atoms. The number of hydrogen-bond acceptors (Lipinski definition) is 2. The van der Waals surface area contributed by atoms with Gasteiger partial charge in [-0.25, -0.2) is 0 Å². The van der Waals surface area contributed by atoms with E-state index in [1.54, 1.807) is 0 Å². The summed E-state index contributed by atoms with van der Waals surface area (Å²) in [7, 11) is 0. The Kier molecular flexibility index (Phi) is 13.4. The van der Waals surface area contributed by atoms with Crippen molar-refractivity contribution in [3.63, 3.8) is 0 Å². The number of rotatable bonds is 10. The molecule has 0 aromatic carbocycles. The van der Waals surface area contributed by atoms with Crippen molar-refractivity contribution in [2.24, 2.45) is 4.99 Å². The second-order valence-electron chi connectivity index (χ2n) is 4.09. The molecule has 0 radical (unpaired) electrons. The first-order valence-electron chi connectivity index (χ1n) is 6.86. The number of aliphatic imine (C=N–C) groups is 1. The van der Waals surface area contributed by atoms with Crippen molar-refractivity contribution in [3.05, 3.63) is 0 Å². The third-order valence-electron chi connectivity index (χ3n) is 2.44. The minimum Gasteiger partial charge on any atom is -0.357 e. The van der Waals surface area contributed by atoms with Crippen LogP contribution in [0.4, 0.5) is 0 Å². The molecule has 0 aliphatic rings. The molecule has 102 valence electrons. The standard InChI is InChI=1S/C13H29N3S/c1-4-6-7-10-15-13(14-5-2)16-11-8-9-12-17-3/h4-12H2,1-3H3,(H2,14,15,16). The van der Waals surface area contributed by atoms with Crippen LogP contribution < -0.4 is 10.6 Å². The number of guanidine groups is 1. The van der Waals surface area contributed by atoms with Gasteiger partial charge in [0.2, 0.25) is 0 Å². The summed E-state index contributed by atoms with van der Waals surface area (Å²) in [6.45, 7) is 7.23. The summed E-state index contributed by atoms with van der Waals surface area (Å²) in [5.74, 6) is 2.24.